The van der Waals surface area contributed by atoms with Crippen LogP contribution in [0.25, 0.3) is 0 Å². The molecule has 0 saturated heterocycles. The van der Waals surface area contributed by atoms with E-state index in [1.54, 1.807) is 26.0 Å². The van der Waals surface area contributed by atoms with Crippen LogP contribution < -0.4 is 0 Å². The molecule has 1 rings (SSSR count). The zero-order chi connectivity index (χ0) is 12.8. The van der Waals surface area contributed by atoms with E-state index < -0.39 is 11.8 Å². The highest BCUT2D eigenvalue weighted by Gasteiger charge is 2.34. The molecule has 0 radical (unpaired) electrons. The summed E-state index contributed by atoms with van der Waals surface area (Å²) >= 11 is 0. The molecule has 0 aromatic rings. The van der Waals surface area contributed by atoms with E-state index in [-0.39, 0.29) is 11.9 Å². The maximum atomic E-state index is 11.8. The van der Waals surface area contributed by atoms with Crippen LogP contribution in [0.3, 0.4) is 0 Å². The summed E-state index contributed by atoms with van der Waals surface area (Å²) in [4.78, 5) is 23.5. The van der Waals surface area contributed by atoms with Gasteiger partial charge in [-0.3, -0.25) is 9.59 Å². The van der Waals surface area contributed by atoms with Crippen LogP contribution >= 0.6 is 0 Å². The normalized spacial score (nSPS) is 22.9. The SMILES string of the molecule is CCOC(=O)[C@H]1C=C(C)C=C[C@H]1C(=O)OCC. The fraction of sp³-hybridized carbons (Fsp3) is 0.538. The van der Waals surface area contributed by atoms with Gasteiger partial charge in [0.15, 0.2) is 0 Å². The number of rotatable bonds is 4. The van der Waals surface area contributed by atoms with E-state index in [1.807, 2.05) is 13.0 Å². The fourth-order valence-electron chi connectivity index (χ4n) is 1.73. The lowest BCUT2D eigenvalue weighted by Crippen LogP contribution is -2.31. The average Bonchev–Trinajstić information content (AvgIpc) is 2.29. The third kappa shape index (κ3) is 3.44. The highest BCUT2D eigenvalue weighted by Crippen LogP contribution is 2.25. The van der Waals surface area contributed by atoms with Gasteiger partial charge in [0.05, 0.1) is 25.0 Å². The van der Waals surface area contributed by atoms with Crippen LogP contribution in [-0.4, -0.2) is 25.2 Å². The molecule has 0 fully saturated rings. The summed E-state index contributed by atoms with van der Waals surface area (Å²) in [5, 5.41) is 0. The van der Waals surface area contributed by atoms with Crippen molar-refractivity contribution in [2.75, 3.05) is 13.2 Å². The number of hydrogen-bond acceptors (Lipinski definition) is 4. The third-order valence-electron chi connectivity index (χ3n) is 2.51. The van der Waals surface area contributed by atoms with Crippen LogP contribution in [-0.2, 0) is 19.1 Å². The quantitative estimate of drug-likeness (QED) is 0.701. The molecule has 94 valence electrons. The molecular formula is C13H18O4. The van der Waals surface area contributed by atoms with Crippen LogP contribution in [0, 0.1) is 11.8 Å². The Balaban J connectivity index is 2.84. The van der Waals surface area contributed by atoms with Crippen molar-refractivity contribution in [1.82, 2.24) is 0 Å². The number of hydrogen-bond donors (Lipinski definition) is 0. The van der Waals surface area contributed by atoms with Gasteiger partial charge in [0, 0.05) is 0 Å². The molecule has 1 aliphatic carbocycles. The molecule has 0 saturated carbocycles. The third-order valence-corrected chi connectivity index (χ3v) is 2.51. The first-order valence-corrected chi connectivity index (χ1v) is 5.80. The van der Waals surface area contributed by atoms with Crippen molar-refractivity contribution in [3.05, 3.63) is 23.8 Å². The van der Waals surface area contributed by atoms with Crippen molar-refractivity contribution in [3.8, 4) is 0 Å². The maximum absolute atomic E-state index is 11.8. The van der Waals surface area contributed by atoms with Crippen molar-refractivity contribution >= 4 is 11.9 Å². The molecule has 1 aliphatic rings. The average molecular weight is 238 g/mol. The van der Waals surface area contributed by atoms with Crippen LogP contribution in [0.15, 0.2) is 23.8 Å². The van der Waals surface area contributed by atoms with Crippen LogP contribution in [0.1, 0.15) is 20.8 Å². The van der Waals surface area contributed by atoms with Gasteiger partial charge in [-0.15, -0.1) is 0 Å². The lowest BCUT2D eigenvalue weighted by atomic mass is 9.86. The van der Waals surface area contributed by atoms with Gasteiger partial charge in [-0.2, -0.15) is 0 Å². The zero-order valence-electron chi connectivity index (χ0n) is 10.4. The first kappa shape index (κ1) is 13.5. The number of ether oxygens (including phenoxy) is 2. The molecule has 0 heterocycles. The smallest absolute Gasteiger partial charge is 0.314 e. The summed E-state index contributed by atoms with van der Waals surface area (Å²) in [6.45, 7) is 5.98. The second-order valence-electron chi connectivity index (χ2n) is 3.83. The van der Waals surface area contributed by atoms with Gasteiger partial charge in [-0.05, 0) is 20.8 Å². The van der Waals surface area contributed by atoms with E-state index in [9.17, 15) is 9.59 Å². The van der Waals surface area contributed by atoms with E-state index in [0.29, 0.717) is 13.2 Å². The van der Waals surface area contributed by atoms with Crippen LogP contribution in [0.2, 0.25) is 0 Å². The molecule has 0 spiro atoms. The minimum absolute atomic E-state index is 0.307. The Morgan fingerprint density at radius 2 is 1.65 bits per heavy atom. The maximum Gasteiger partial charge on any atom is 0.314 e. The largest absolute Gasteiger partial charge is 0.466 e. The summed E-state index contributed by atoms with van der Waals surface area (Å²) in [5.41, 5.74) is 0.948. The Bertz CT molecular complexity index is 354. The molecule has 0 aromatic heterocycles. The second-order valence-corrected chi connectivity index (χ2v) is 3.83. The Hall–Kier alpha value is -1.58. The summed E-state index contributed by atoms with van der Waals surface area (Å²) in [6.07, 6.45) is 5.27. The Morgan fingerprint density at radius 3 is 2.18 bits per heavy atom. The number of allylic oxidation sites excluding steroid dienone is 2. The number of carbonyl (C=O) groups is 2. The predicted octanol–water partition coefficient (Wildman–Crippen LogP) is 1.86. The van der Waals surface area contributed by atoms with E-state index in [1.165, 1.54) is 0 Å². The van der Waals surface area contributed by atoms with Crippen molar-refractivity contribution < 1.29 is 19.1 Å². The molecule has 4 nitrogen and oxygen atoms in total. The van der Waals surface area contributed by atoms with Gasteiger partial charge in [0.1, 0.15) is 0 Å². The molecule has 17 heavy (non-hydrogen) atoms. The van der Waals surface area contributed by atoms with Gasteiger partial charge in [-0.1, -0.05) is 23.8 Å². The van der Waals surface area contributed by atoms with Gasteiger partial charge < -0.3 is 9.47 Å². The van der Waals surface area contributed by atoms with E-state index >= 15 is 0 Å². The Morgan fingerprint density at radius 1 is 1.12 bits per heavy atom. The van der Waals surface area contributed by atoms with Gasteiger partial charge in [0.2, 0.25) is 0 Å². The minimum atomic E-state index is -0.572. The van der Waals surface area contributed by atoms with Gasteiger partial charge >= 0.3 is 11.9 Å². The number of esters is 2. The Kier molecular flexibility index (Phi) is 4.94. The van der Waals surface area contributed by atoms with Gasteiger partial charge in [0.25, 0.3) is 0 Å². The zero-order valence-corrected chi connectivity index (χ0v) is 10.4. The van der Waals surface area contributed by atoms with Crippen molar-refractivity contribution in [1.29, 1.82) is 0 Å². The van der Waals surface area contributed by atoms with Gasteiger partial charge in [-0.25, -0.2) is 0 Å². The van der Waals surface area contributed by atoms with E-state index in [2.05, 4.69) is 0 Å². The monoisotopic (exact) mass is 238 g/mol. The lowest BCUT2D eigenvalue weighted by molar-refractivity contribution is -0.156. The fourth-order valence-corrected chi connectivity index (χ4v) is 1.73. The standard InChI is InChI=1S/C13H18O4/c1-4-16-12(14)10-7-6-9(3)8-11(10)13(15)17-5-2/h6-8,10-11H,4-5H2,1-3H3/t10-,11+/m1/s1. The highest BCUT2D eigenvalue weighted by molar-refractivity contribution is 5.85. The van der Waals surface area contributed by atoms with Crippen LogP contribution in [0.4, 0.5) is 0 Å². The Labute approximate surface area is 101 Å². The molecule has 0 aromatic carbocycles. The summed E-state index contributed by atoms with van der Waals surface area (Å²) < 4.78 is 9.91. The lowest BCUT2D eigenvalue weighted by Gasteiger charge is -2.22. The highest BCUT2D eigenvalue weighted by atomic mass is 16.5. The number of carbonyl (C=O) groups excluding carboxylic acids is 2. The molecule has 2 atom stereocenters. The second kappa shape index (κ2) is 6.23. The van der Waals surface area contributed by atoms with E-state index in [0.717, 1.165) is 5.57 Å². The summed E-state index contributed by atoms with van der Waals surface area (Å²) in [6, 6.07) is 0. The van der Waals surface area contributed by atoms with Crippen molar-refractivity contribution in [2.24, 2.45) is 11.8 Å². The molecule has 0 unspecified atom stereocenters. The molecule has 4 heteroatoms. The van der Waals surface area contributed by atoms with Crippen molar-refractivity contribution in [2.45, 2.75) is 20.8 Å². The van der Waals surface area contributed by atoms with E-state index in [4.69, 9.17) is 9.47 Å². The molecule has 0 aliphatic heterocycles. The van der Waals surface area contributed by atoms with Crippen molar-refractivity contribution in [3.63, 3.8) is 0 Å². The predicted molar refractivity (Wildman–Crippen MR) is 63.1 cm³/mol. The molecular weight excluding hydrogens is 220 g/mol. The van der Waals surface area contributed by atoms with Crippen LogP contribution in [0.5, 0.6) is 0 Å². The summed E-state index contributed by atoms with van der Waals surface area (Å²) in [5.74, 6) is -1.91. The molecule has 0 amide bonds. The minimum Gasteiger partial charge on any atom is -0.466 e. The summed E-state index contributed by atoms with van der Waals surface area (Å²) in [7, 11) is 0. The topological polar surface area (TPSA) is 52.6 Å². The molecule has 0 bridgehead atoms. The first-order chi connectivity index (χ1) is 8.10. The molecule has 0 N–H and O–H groups in total. The first-order valence-electron chi connectivity index (χ1n) is 5.80.